The van der Waals surface area contributed by atoms with Gasteiger partial charge in [0, 0.05) is 44.1 Å². The molecule has 180 valence electrons. The number of ether oxygens (including phenoxy) is 1. The van der Waals surface area contributed by atoms with Crippen LogP contribution in [0.2, 0.25) is 0 Å². The first kappa shape index (κ1) is 22.7. The lowest BCUT2D eigenvalue weighted by molar-refractivity contribution is -0.131. The van der Waals surface area contributed by atoms with Crippen LogP contribution in [0.15, 0.2) is 24.3 Å². The minimum atomic E-state index is -0.104. The van der Waals surface area contributed by atoms with Gasteiger partial charge >= 0.3 is 6.09 Å². The number of hydrogen-bond acceptors (Lipinski definition) is 4. The van der Waals surface area contributed by atoms with Crippen LogP contribution in [0.3, 0.4) is 0 Å². The Labute approximate surface area is 198 Å². The van der Waals surface area contributed by atoms with Crippen molar-refractivity contribution >= 4 is 12.0 Å². The Bertz CT molecular complexity index is 879. The van der Waals surface area contributed by atoms with E-state index >= 15 is 0 Å². The number of nitrogens with zero attached hydrogens (tertiary/aromatic N) is 3. The third-order valence-corrected chi connectivity index (χ3v) is 8.83. The highest BCUT2D eigenvalue weighted by molar-refractivity contribution is 5.74. The van der Waals surface area contributed by atoms with Crippen molar-refractivity contribution in [3.05, 3.63) is 35.4 Å². The molecule has 2 amide bonds. The Morgan fingerprint density at radius 2 is 1.91 bits per heavy atom. The van der Waals surface area contributed by atoms with Gasteiger partial charge < -0.3 is 19.4 Å². The SMILES string of the molecule is CCCOC(=O)N1CCCC2CC(N3CCC4(CC3)CN(C(C)=O)Cc3ccccc34)CC21. The number of rotatable bonds is 3. The van der Waals surface area contributed by atoms with Gasteiger partial charge in [0.1, 0.15) is 0 Å². The molecule has 3 fully saturated rings. The number of carbonyl (C=O) groups excluding carboxylic acids is 2. The summed E-state index contributed by atoms with van der Waals surface area (Å²) in [7, 11) is 0. The van der Waals surface area contributed by atoms with Crippen LogP contribution in [-0.4, -0.2) is 71.6 Å². The second kappa shape index (κ2) is 9.28. The molecule has 0 N–H and O–H groups in total. The average molecular weight is 454 g/mol. The summed E-state index contributed by atoms with van der Waals surface area (Å²) < 4.78 is 5.50. The van der Waals surface area contributed by atoms with Crippen molar-refractivity contribution < 1.29 is 14.3 Å². The zero-order valence-corrected chi connectivity index (χ0v) is 20.3. The molecule has 0 bridgehead atoms. The molecule has 3 aliphatic heterocycles. The van der Waals surface area contributed by atoms with Crippen molar-refractivity contribution in [2.75, 3.05) is 32.8 Å². The second-order valence-corrected chi connectivity index (χ2v) is 10.8. The first-order valence-corrected chi connectivity index (χ1v) is 13.0. The molecule has 1 saturated carbocycles. The molecule has 4 aliphatic rings. The molecule has 6 heteroatoms. The monoisotopic (exact) mass is 453 g/mol. The predicted octanol–water partition coefficient (Wildman–Crippen LogP) is 4.17. The maximum atomic E-state index is 12.6. The molecule has 3 unspecified atom stereocenters. The fourth-order valence-electron chi connectivity index (χ4n) is 7.11. The van der Waals surface area contributed by atoms with Crippen molar-refractivity contribution in [2.24, 2.45) is 5.92 Å². The smallest absolute Gasteiger partial charge is 0.410 e. The van der Waals surface area contributed by atoms with Gasteiger partial charge in [-0.05, 0) is 75.1 Å². The number of carbonyl (C=O) groups is 2. The summed E-state index contributed by atoms with van der Waals surface area (Å²) in [6.45, 7) is 8.85. The Hall–Kier alpha value is -2.08. The lowest BCUT2D eigenvalue weighted by Crippen LogP contribution is -2.54. The molecule has 5 rings (SSSR count). The van der Waals surface area contributed by atoms with Gasteiger partial charge in [0.05, 0.1) is 6.61 Å². The average Bonchev–Trinajstić information content (AvgIpc) is 3.27. The molecule has 3 atom stereocenters. The van der Waals surface area contributed by atoms with E-state index < -0.39 is 0 Å². The highest BCUT2D eigenvalue weighted by Gasteiger charge is 2.47. The van der Waals surface area contributed by atoms with E-state index in [2.05, 4.69) is 29.2 Å². The highest BCUT2D eigenvalue weighted by Crippen LogP contribution is 2.45. The molecule has 2 saturated heterocycles. The summed E-state index contributed by atoms with van der Waals surface area (Å²) >= 11 is 0. The third-order valence-electron chi connectivity index (χ3n) is 8.83. The quantitative estimate of drug-likeness (QED) is 0.689. The van der Waals surface area contributed by atoms with Crippen LogP contribution in [0.4, 0.5) is 4.79 Å². The molecular weight excluding hydrogens is 414 g/mol. The third kappa shape index (κ3) is 4.27. The van der Waals surface area contributed by atoms with Crippen LogP contribution in [0.25, 0.3) is 0 Å². The largest absolute Gasteiger partial charge is 0.449 e. The standard InChI is InChI=1S/C27H39N3O3/c1-3-15-33-26(32)30-12-6-8-21-16-23(17-25(21)30)28-13-10-27(11-14-28)19-29(20(2)31)18-22-7-4-5-9-24(22)27/h4-5,7,9,21,23,25H,3,6,8,10-19H2,1-2H3. The van der Waals surface area contributed by atoms with Gasteiger partial charge in [0.2, 0.25) is 5.91 Å². The van der Waals surface area contributed by atoms with E-state index in [1.54, 1.807) is 6.92 Å². The Balaban J connectivity index is 1.26. The van der Waals surface area contributed by atoms with E-state index in [1.807, 2.05) is 16.7 Å². The number of benzene rings is 1. The van der Waals surface area contributed by atoms with Gasteiger partial charge in [-0.25, -0.2) is 4.79 Å². The summed E-state index contributed by atoms with van der Waals surface area (Å²) in [5.41, 5.74) is 2.87. The van der Waals surface area contributed by atoms with Gasteiger partial charge in [-0.15, -0.1) is 0 Å². The minimum absolute atomic E-state index is 0.0817. The van der Waals surface area contributed by atoms with Crippen molar-refractivity contribution in [3.63, 3.8) is 0 Å². The fraction of sp³-hybridized carbons (Fsp3) is 0.704. The number of amides is 2. The van der Waals surface area contributed by atoms with Crippen LogP contribution in [0, 0.1) is 5.92 Å². The summed E-state index contributed by atoms with van der Waals surface area (Å²) in [5, 5.41) is 0. The fourth-order valence-corrected chi connectivity index (χ4v) is 7.11. The summed E-state index contributed by atoms with van der Waals surface area (Å²) in [4.78, 5) is 31.7. The van der Waals surface area contributed by atoms with E-state index in [0.29, 0.717) is 24.6 Å². The normalized spacial score (nSPS) is 29.0. The van der Waals surface area contributed by atoms with Crippen molar-refractivity contribution in [1.82, 2.24) is 14.7 Å². The maximum absolute atomic E-state index is 12.6. The topological polar surface area (TPSA) is 53.1 Å². The summed E-state index contributed by atoms with van der Waals surface area (Å²) in [5.74, 6) is 0.790. The first-order chi connectivity index (χ1) is 16.0. The Morgan fingerprint density at radius 3 is 2.67 bits per heavy atom. The summed E-state index contributed by atoms with van der Waals surface area (Å²) in [6.07, 6.45) is 7.57. The van der Waals surface area contributed by atoms with Crippen molar-refractivity contribution in [3.8, 4) is 0 Å². The van der Waals surface area contributed by atoms with Crippen LogP contribution >= 0.6 is 0 Å². The molecule has 0 radical (unpaired) electrons. The van der Waals surface area contributed by atoms with Gasteiger partial charge in [0.25, 0.3) is 0 Å². The van der Waals surface area contributed by atoms with Crippen LogP contribution in [-0.2, 0) is 21.5 Å². The van der Waals surface area contributed by atoms with E-state index in [0.717, 1.165) is 64.8 Å². The van der Waals surface area contributed by atoms with Gasteiger partial charge in [-0.1, -0.05) is 31.2 Å². The number of hydrogen-bond donors (Lipinski definition) is 0. The molecule has 1 aliphatic carbocycles. The van der Waals surface area contributed by atoms with E-state index in [9.17, 15) is 9.59 Å². The van der Waals surface area contributed by atoms with E-state index in [4.69, 9.17) is 4.74 Å². The van der Waals surface area contributed by atoms with Gasteiger partial charge in [-0.3, -0.25) is 4.79 Å². The number of likely N-dealkylation sites (tertiary alicyclic amines) is 2. The Morgan fingerprint density at radius 1 is 1.12 bits per heavy atom. The molecule has 33 heavy (non-hydrogen) atoms. The lowest BCUT2D eigenvalue weighted by atomic mass is 9.68. The van der Waals surface area contributed by atoms with E-state index in [1.165, 1.54) is 24.0 Å². The van der Waals surface area contributed by atoms with Crippen LogP contribution in [0.1, 0.15) is 69.9 Å². The molecule has 1 spiro atoms. The molecule has 0 aromatic heterocycles. The van der Waals surface area contributed by atoms with Crippen LogP contribution < -0.4 is 0 Å². The molecule has 3 heterocycles. The number of piperidine rings is 2. The molecule has 1 aromatic rings. The van der Waals surface area contributed by atoms with Gasteiger partial charge in [0.15, 0.2) is 0 Å². The highest BCUT2D eigenvalue weighted by atomic mass is 16.6. The summed E-state index contributed by atoms with van der Waals surface area (Å²) in [6, 6.07) is 9.65. The van der Waals surface area contributed by atoms with Gasteiger partial charge in [-0.2, -0.15) is 0 Å². The maximum Gasteiger partial charge on any atom is 0.410 e. The van der Waals surface area contributed by atoms with Crippen molar-refractivity contribution in [2.45, 2.75) is 82.8 Å². The number of fused-ring (bicyclic) bond motifs is 3. The minimum Gasteiger partial charge on any atom is -0.449 e. The second-order valence-electron chi connectivity index (χ2n) is 10.8. The molecule has 1 aromatic carbocycles. The first-order valence-electron chi connectivity index (χ1n) is 13.0. The predicted molar refractivity (Wildman–Crippen MR) is 128 cm³/mol. The zero-order valence-electron chi connectivity index (χ0n) is 20.3. The molecular formula is C27H39N3O3. The molecule has 6 nitrogen and oxygen atoms in total. The zero-order chi connectivity index (χ0) is 23.0. The van der Waals surface area contributed by atoms with E-state index in [-0.39, 0.29) is 17.4 Å². The van der Waals surface area contributed by atoms with Crippen molar-refractivity contribution in [1.29, 1.82) is 0 Å². The Kier molecular flexibility index (Phi) is 6.39. The van der Waals surface area contributed by atoms with Crippen LogP contribution in [0.5, 0.6) is 0 Å². The lowest BCUT2D eigenvalue weighted by Gasteiger charge is -2.49.